The fourth-order valence-corrected chi connectivity index (χ4v) is 4.13. The third kappa shape index (κ3) is 3.65. The van der Waals surface area contributed by atoms with Crippen LogP contribution in [-0.2, 0) is 13.1 Å². The van der Waals surface area contributed by atoms with Crippen LogP contribution in [0.15, 0.2) is 41.7 Å². The molecule has 5 rings (SSSR count). The largest absolute Gasteiger partial charge is 0.395 e. The van der Waals surface area contributed by atoms with E-state index in [1.54, 1.807) is 0 Å². The van der Waals surface area contributed by atoms with Crippen LogP contribution in [0.4, 0.5) is 5.69 Å². The number of aliphatic hydroxyl groups is 1. The standard InChI is InChI=1S/C21H26N6O2/c28-12-11-26-15-23-19-13-17(3-4-18(19)21(26)29)25-9-7-24(8-10-25)14-20-22-5-6-27(20)16-1-2-16/h3-6,13,15-16,28H,1-2,7-12,14H2. The van der Waals surface area contributed by atoms with Crippen molar-refractivity contribution in [3.05, 3.63) is 53.1 Å². The molecule has 3 aromatic rings. The molecular weight excluding hydrogens is 368 g/mol. The summed E-state index contributed by atoms with van der Waals surface area (Å²) in [7, 11) is 0. The molecular formula is C21H26N6O2. The first-order valence-electron chi connectivity index (χ1n) is 10.3. The van der Waals surface area contributed by atoms with Crippen LogP contribution in [0.25, 0.3) is 10.9 Å². The maximum absolute atomic E-state index is 12.5. The average Bonchev–Trinajstić information content (AvgIpc) is 3.49. The van der Waals surface area contributed by atoms with Crippen molar-refractivity contribution in [2.24, 2.45) is 0 Å². The number of benzene rings is 1. The highest BCUT2D eigenvalue weighted by Gasteiger charge is 2.26. The second-order valence-corrected chi connectivity index (χ2v) is 7.91. The normalized spacial score (nSPS) is 17.9. The first-order valence-corrected chi connectivity index (χ1v) is 10.3. The molecule has 0 unspecified atom stereocenters. The van der Waals surface area contributed by atoms with Gasteiger partial charge in [-0.3, -0.25) is 14.3 Å². The van der Waals surface area contributed by atoms with Crippen LogP contribution in [0.2, 0.25) is 0 Å². The number of rotatable bonds is 6. The molecule has 0 spiro atoms. The summed E-state index contributed by atoms with van der Waals surface area (Å²) in [6.45, 7) is 4.96. The molecule has 1 saturated heterocycles. The molecule has 1 aromatic carbocycles. The minimum absolute atomic E-state index is 0.0731. The van der Waals surface area contributed by atoms with E-state index in [2.05, 4.69) is 30.5 Å². The fourth-order valence-electron chi connectivity index (χ4n) is 4.13. The van der Waals surface area contributed by atoms with E-state index in [-0.39, 0.29) is 18.7 Å². The van der Waals surface area contributed by atoms with Gasteiger partial charge in [-0.05, 0) is 31.0 Å². The van der Waals surface area contributed by atoms with Crippen molar-refractivity contribution in [1.82, 2.24) is 24.0 Å². The van der Waals surface area contributed by atoms with Gasteiger partial charge >= 0.3 is 0 Å². The maximum Gasteiger partial charge on any atom is 0.261 e. The van der Waals surface area contributed by atoms with Gasteiger partial charge in [-0.25, -0.2) is 9.97 Å². The van der Waals surface area contributed by atoms with E-state index in [0.29, 0.717) is 16.9 Å². The zero-order chi connectivity index (χ0) is 19.8. The van der Waals surface area contributed by atoms with Crippen molar-refractivity contribution in [2.45, 2.75) is 32.0 Å². The summed E-state index contributed by atoms with van der Waals surface area (Å²) in [5, 5.41) is 9.67. The van der Waals surface area contributed by atoms with Gasteiger partial charge in [0.05, 0.1) is 36.9 Å². The highest BCUT2D eigenvalue weighted by atomic mass is 16.3. The Morgan fingerprint density at radius 1 is 1.10 bits per heavy atom. The smallest absolute Gasteiger partial charge is 0.261 e. The van der Waals surface area contributed by atoms with Crippen molar-refractivity contribution in [2.75, 3.05) is 37.7 Å². The van der Waals surface area contributed by atoms with E-state index >= 15 is 0 Å². The molecule has 1 saturated carbocycles. The Labute approximate surface area is 169 Å². The number of aliphatic hydroxyl groups excluding tert-OH is 1. The van der Waals surface area contributed by atoms with E-state index in [1.807, 2.05) is 24.4 Å². The molecule has 29 heavy (non-hydrogen) atoms. The van der Waals surface area contributed by atoms with Crippen LogP contribution in [0.1, 0.15) is 24.7 Å². The van der Waals surface area contributed by atoms with E-state index in [1.165, 1.54) is 29.6 Å². The molecule has 0 amide bonds. The topological polar surface area (TPSA) is 79.4 Å². The minimum Gasteiger partial charge on any atom is -0.395 e. The molecule has 1 aliphatic heterocycles. The quantitative estimate of drug-likeness (QED) is 0.678. The Bertz CT molecular complexity index is 1060. The van der Waals surface area contributed by atoms with Gasteiger partial charge in [0.1, 0.15) is 5.82 Å². The lowest BCUT2D eigenvalue weighted by atomic mass is 10.2. The molecule has 2 aromatic heterocycles. The second-order valence-electron chi connectivity index (χ2n) is 7.91. The Hall–Kier alpha value is -2.71. The Morgan fingerprint density at radius 3 is 2.69 bits per heavy atom. The van der Waals surface area contributed by atoms with Crippen molar-refractivity contribution in [3.8, 4) is 0 Å². The summed E-state index contributed by atoms with van der Waals surface area (Å²) in [5.74, 6) is 1.18. The zero-order valence-corrected chi connectivity index (χ0v) is 16.4. The highest BCUT2D eigenvalue weighted by molar-refractivity contribution is 5.81. The number of hydrogen-bond donors (Lipinski definition) is 1. The van der Waals surface area contributed by atoms with Gasteiger partial charge in [-0.2, -0.15) is 0 Å². The summed E-state index contributed by atoms with van der Waals surface area (Å²) >= 11 is 0. The van der Waals surface area contributed by atoms with E-state index in [0.717, 1.165) is 38.4 Å². The van der Waals surface area contributed by atoms with Gasteiger partial charge in [-0.15, -0.1) is 0 Å². The van der Waals surface area contributed by atoms with Crippen LogP contribution < -0.4 is 10.5 Å². The van der Waals surface area contributed by atoms with E-state index in [9.17, 15) is 4.79 Å². The van der Waals surface area contributed by atoms with Crippen LogP contribution in [0.5, 0.6) is 0 Å². The molecule has 2 fully saturated rings. The lowest BCUT2D eigenvalue weighted by molar-refractivity contribution is 0.240. The molecule has 8 nitrogen and oxygen atoms in total. The molecule has 2 aliphatic rings. The van der Waals surface area contributed by atoms with Crippen LogP contribution >= 0.6 is 0 Å². The van der Waals surface area contributed by atoms with Gasteiger partial charge in [0.2, 0.25) is 0 Å². The molecule has 0 bridgehead atoms. The molecule has 8 heteroatoms. The molecule has 1 N–H and O–H groups in total. The predicted octanol–water partition coefficient (Wildman–Crippen LogP) is 1.24. The fraction of sp³-hybridized carbons (Fsp3) is 0.476. The number of imidazole rings is 1. The molecule has 1 aliphatic carbocycles. The van der Waals surface area contributed by atoms with Crippen LogP contribution in [-0.4, -0.2) is 61.9 Å². The van der Waals surface area contributed by atoms with E-state index < -0.39 is 0 Å². The van der Waals surface area contributed by atoms with E-state index in [4.69, 9.17) is 5.11 Å². The number of fused-ring (bicyclic) bond motifs is 1. The van der Waals surface area contributed by atoms with Crippen molar-refractivity contribution in [1.29, 1.82) is 0 Å². The summed E-state index contributed by atoms with van der Waals surface area (Å²) in [4.78, 5) is 26.3. The van der Waals surface area contributed by atoms with Gasteiger partial charge in [0, 0.05) is 50.3 Å². The number of hydrogen-bond acceptors (Lipinski definition) is 6. The van der Waals surface area contributed by atoms with Crippen molar-refractivity contribution < 1.29 is 5.11 Å². The predicted molar refractivity (Wildman–Crippen MR) is 111 cm³/mol. The van der Waals surface area contributed by atoms with Gasteiger partial charge in [0.15, 0.2) is 0 Å². The molecule has 0 atom stereocenters. The van der Waals surface area contributed by atoms with Crippen LogP contribution in [0.3, 0.4) is 0 Å². The van der Waals surface area contributed by atoms with Crippen molar-refractivity contribution >= 4 is 16.6 Å². The van der Waals surface area contributed by atoms with Gasteiger partial charge < -0.3 is 14.6 Å². The van der Waals surface area contributed by atoms with Crippen LogP contribution in [0, 0.1) is 0 Å². The Balaban J connectivity index is 1.26. The van der Waals surface area contributed by atoms with Gasteiger partial charge in [0.25, 0.3) is 5.56 Å². The van der Waals surface area contributed by atoms with Gasteiger partial charge in [-0.1, -0.05) is 0 Å². The summed E-state index contributed by atoms with van der Waals surface area (Å²) in [6, 6.07) is 6.52. The Morgan fingerprint density at radius 2 is 1.93 bits per heavy atom. The number of nitrogens with zero attached hydrogens (tertiary/aromatic N) is 6. The SMILES string of the molecule is O=c1c2ccc(N3CCN(Cc4nccn4C4CC4)CC3)cc2ncn1CCO. The summed E-state index contributed by atoms with van der Waals surface area (Å²) in [5.41, 5.74) is 1.70. The zero-order valence-electron chi connectivity index (χ0n) is 16.4. The highest BCUT2D eigenvalue weighted by Crippen LogP contribution is 2.35. The lowest BCUT2D eigenvalue weighted by Crippen LogP contribution is -2.46. The number of piperazine rings is 1. The lowest BCUT2D eigenvalue weighted by Gasteiger charge is -2.36. The minimum atomic E-state index is -0.105. The monoisotopic (exact) mass is 394 g/mol. The van der Waals surface area contributed by atoms with Crippen molar-refractivity contribution in [3.63, 3.8) is 0 Å². The average molecular weight is 394 g/mol. The number of anilines is 1. The first kappa shape index (κ1) is 18.3. The number of aromatic nitrogens is 4. The second kappa shape index (κ2) is 7.61. The Kier molecular flexibility index (Phi) is 4.81. The molecule has 3 heterocycles. The third-order valence-electron chi connectivity index (χ3n) is 5.94. The summed E-state index contributed by atoms with van der Waals surface area (Å²) < 4.78 is 3.79. The first-order chi connectivity index (χ1) is 14.2. The maximum atomic E-state index is 12.5. The molecule has 0 radical (unpaired) electrons. The molecule has 152 valence electrons. The third-order valence-corrected chi connectivity index (χ3v) is 5.94. The summed E-state index contributed by atoms with van der Waals surface area (Å²) in [6.07, 6.45) is 8.10.